The molecular formula is C17H30N2O2. The minimum absolute atomic E-state index is 0.237. The van der Waals surface area contributed by atoms with Gasteiger partial charge in [-0.05, 0) is 38.1 Å². The van der Waals surface area contributed by atoms with Crippen LogP contribution in [0.2, 0.25) is 0 Å². The predicted octanol–water partition coefficient (Wildman–Crippen LogP) is 2.14. The molecule has 0 radical (unpaired) electrons. The second-order valence-corrected chi connectivity index (χ2v) is 7.04. The molecule has 0 N–H and O–H groups in total. The van der Waals surface area contributed by atoms with Gasteiger partial charge >= 0.3 is 0 Å². The highest BCUT2D eigenvalue weighted by molar-refractivity contribution is 5.79. The zero-order chi connectivity index (χ0) is 14.5. The highest BCUT2D eigenvalue weighted by Crippen LogP contribution is 2.27. The van der Waals surface area contributed by atoms with Crippen molar-refractivity contribution in [2.45, 2.75) is 44.9 Å². The van der Waals surface area contributed by atoms with Gasteiger partial charge in [-0.15, -0.1) is 0 Å². The van der Waals surface area contributed by atoms with Crippen molar-refractivity contribution in [2.24, 2.45) is 11.8 Å². The maximum atomic E-state index is 12.6. The molecule has 1 unspecified atom stereocenters. The molecule has 4 nitrogen and oxygen atoms in total. The minimum Gasteiger partial charge on any atom is -0.378 e. The lowest BCUT2D eigenvalue weighted by molar-refractivity contribution is -0.141. The van der Waals surface area contributed by atoms with Crippen LogP contribution < -0.4 is 0 Å². The van der Waals surface area contributed by atoms with Crippen LogP contribution in [0, 0.1) is 11.8 Å². The van der Waals surface area contributed by atoms with Gasteiger partial charge in [-0.25, -0.2) is 0 Å². The molecule has 21 heavy (non-hydrogen) atoms. The highest BCUT2D eigenvalue weighted by atomic mass is 16.5. The molecule has 2 heterocycles. The molecule has 3 aliphatic rings. The standard InChI is InChI=1S/C17H30N2O2/c20-17(19-9-11-21-12-10-19)16-7-4-8-18(14-16)13-15-5-2-1-3-6-15/h15-16H,1-14H2. The molecule has 2 saturated heterocycles. The van der Waals surface area contributed by atoms with E-state index in [9.17, 15) is 4.79 Å². The average Bonchev–Trinajstić information content (AvgIpc) is 2.56. The summed E-state index contributed by atoms with van der Waals surface area (Å²) in [7, 11) is 0. The number of amides is 1. The molecule has 1 amide bonds. The van der Waals surface area contributed by atoms with Crippen molar-refractivity contribution in [2.75, 3.05) is 45.9 Å². The van der Waals surface area contributed by atoms with E-state index in [-0.39, 0.29) is 5.92 Å². The van der Waals surface area contributed by atoms with Gasteiger partial charge in [0.2, 0.25) is 5.91 Å². The van der Waals surface area contributed by atoms with E-state index in [0.29, 0.717) is 19.1 Å². The van der Waals surface area contributed by atoms with Crippen LogP contribution in [0.3, 0.4) is 0 Å². The van der Waals surface area contributed by atoms with E-state index in [1.165, 1.54) is 51.6 Å². The Labute approximate surface area is 128 Å². The second-order valence-electron chi connectivity index (χ2n) is 7.04. The number of piperidine rings is 1. The van der Waals surface area contributed by atoms with Gasteiger partial charge in [-0.3, -0.25) is 4.79 Å². The number of hydrogen-bond acceptors (Lipinski definition) is 3. The van der Waals surface area contributed by atoms with E-state index in [1.807, 2.05) is 4.90 Å². The molecule has 1 atom stereocenters. The molecule has 3 fully saturated rings. The lowest BCUT2D eigenvalue weighted by Gasteiger charge is -2.38. The van der Waals surface area contributed by atoms with Crippen molar-refractivity contribution >= 4 is 5.91 Å². The Balaban J connectivity index is 1.48. The van der Waals surface area contributed by atoms with Crippen LogP contribution in [0.1, 0.15) is 44.9 Å². The van der Waals surface area contributed by atoms with Gasteiger partial charge in [0, 0.05) is 26.2 Å². The fourth-order valence-corrected chi connectivity index (χ4v) is 4.20. The fourth-order valence-electron chi connectivity index (χ4n) is 4.20. The number of hydrogen-bond donors (Lipinski definition) is 0. The summed E-state index contributed by atoms with van der Waals surface area (Å²) in [6.07, 6.45) is 9.32. The SMILES string of the molecule is O=C(C1CCCN(CC2CCCCC2)C1)N1CCOCC1. The Morgan fingerprint density at radius 2 is 1.71 bits per heavy atom. The van der Waals surface area contributed by atoms with Gasteiger partial charge in [0.15, 0.2) is 0 Å². The largest absolute Gasteiger partial charge is 0.378 e. The normalized spacial score (nSPS) is 29.5. The monoisotopic (exact) mass is 294 g/mol. The lowest BCUT2D eigenvalue weighted by Crippen LogP contribution is -2.49. The van der Waals surface area contributed by atoms with Gasteiger partial charge in [0.25, 0.3) is 0 Å². The Hall–Kier alpha value is -0.610. The van der Waals surface area contributed by atoms with E-state index in [2.05, 4.69) is 4.90 Å². The quantitative estimate of drug-likeness (QED) is 0.799. The van der Waals surface area contributed by atoms with Gasteiger partial charge < -0.3 is 14.5 Å². The van der Waals surface area contributed by atoms with Gasteiger partial charge in [0.1, 0.15) is 0 Å². The molecule has 1 aliphatic carbocycles. The average molecular weight is 294 g/mol. The molecule has 0 aromatic carbocycles. The zero-order valence-corrected chi connectivity index (χ0v) is 13.3. The molecule has 120 valence electrons. The first-order valence-corrected chi connectivity index (χ1v) is 8.92. The Bertz CT molecular complexity index is 336. The van der Waals surface area contributed by atoms with Crippen molar-refractivity contribution in [3.05, 3.63) is 0 Å². The second kappa shape index (κ2) is 7.59. The third kappa shape index (κ3) is 4.19. The highest BCUT2D eigenvalue weighted by Gasteiger charge is 2.30. The molecule has 2 aliphatic heterocycles. The summed E-state index contributed by atoms with van der Waals surface area (Å²) < 4.78 is 5.35. The Morgan fingerprint density at radius 1 is 0.952 bits per heavy atom. The Kier molecular flexibility index (Phi) is 5.53. The van der Waals surface area contributed by atoms with Crippen molar-refractivity contribution in [3.8, 4) is 0 Å². The molecule has 4 heteroatoms. The van der Waals surface area contributed by atoms with Crippen LogP contribution >= 0.6 is 0 Å². The van der Waals surface area contributed by atoms with Crippen LogP contribution in [0.25, 0.3) is 0 Å². The molecule has 0 spiro atoms. The third-order valence-corrected chi connectivity index (χ3v) is 5.42. The van der Waals surface area contributed by atoms with Crippen molar-refractivity contribution in [1.82, 2.24) is 9.80 Å². The van der Waals surface area contributed by atoms with E-state index >= 15 is 0 Å². The summed E-state index contributed by atoms with van der Waals surface area (Å²) in [6, 6.07) is 0. The first kappa shape index (κ1) is 15.3. The molecule has 3 rings (SSSR count). The van der Waals surface area contributed by atoms with Gasteiger partial charge in [0.05, 0.1) is 19.1 Å². The van der Waals surface area contributed by atoms with Crippen LogP contribution in [0.15, 0.2) is 0 Å². The van der Waals surface area contributed by atoms with E-state index in [1.54, 1.807) is 0 Å². The van der Waals surface area contributed by atoms with Crippen LogP contribution in [0.5, 0.6) is 0 Å². The summed E-state index contributed by atoms with van der Waals surface area (Å²) in [6.45, 7) is 6.42. The van der Waals surface area contributed by atoms with Gasteiger partial charge in [-0.1, -0.05) is 19.3 Å². The number of carbonyl (C=O) groups excluding carboxylic acids is 1. The van der Waals surface area contributed by atoms with Crippen molar-refractivity contribution in [3.63, 3.8) is 0 Å². The first-order valence-electron chi connectivity index (χ1n) is 8.92. The molecule has 0 aromatic rings. The van der Waals surface area contributed by atoms with Crippen LogP contribution in [-0.2, 0) is 9.53 Å². The fraction of sp³-hybridized carbons (Fsp3) is 0.941. The smallest absolute Gasteiger partial charge is 0.227 e. The number of nitrogens with zero attached hydrogens (tertiary/aromatic N) is 2. The topological polar surface area (TPSA) is 32.8 Å². The van der Waals surface area contributed by atoms with Crippen LogP contribution in [-0.4, -0.2) is 61.6 Å². The van der Waals surface area contributed by atoms with Crippen molar-refractivity contribution in [1.29, 1.82) is 0 Å². The van der Waals surface area contributed by atoms with E-state index in [4.69, 9.17) is 4.74 Å². The number of rotatable bonds is 3. The number of likely N-dealkylation sites (tertiary alicyclic amines) is 1. The summed E-state index contributed by atoms with van der Waals surface area (Å²) in [5.41, 5.74) is 0. The predicted molar refractivity (Wildman–Crippen MR) is 83.1 cm³/mol. The summed E-state index contributed by atoms with van der Waals surface area (Å²) >= 11 is 0. The minimum atomic E-state index is 0.237. The number of carbonyl (C=O) groups is 1. The third-order valence-electron chi connectivity index (χ3n) is 5.42. The number of morpholine rings is 1. The maximum absolute atomic E-state index is 12.6. The summed E-state index contributed by atoms with van der Waals surface area (Å²) in [5, 5.41) is 0. The lowest BCUT2D eigenvalue weighted by atomic mass is 9.87. The van der Waals surface area contributed by atoms with Crippen molar-refractivity contribution < 1.29 is 9.53 Å². The summed E-state index contributed by atoms with van der Waals surface area (Å²) in [4.78, 5) is 17.2. The molecule has 0 aromatic heterocycles. The van der Waals surface area contributed by atoms with Crippen LogP contribution in [0.4, 0.5) is 0 Å². The maximum Gasteiger partial charge on any atom is 0.227 e. The zero-order valence-electron chi connectivity index (χ0n) is 13.3. The molecule has 1 saturated carbocycles. The van der Waals surface area contributed by atoms with E-state index < -0.39 is 0 Å². The molecule has 0 bridgehead atoms. The van der Waals surface area contributed by atoms with E-state index in [0.717, 1.165) is 32.0 Å². The molecular weight excluding hydrogens is 264 g/mol. The first-order chi connectivity index (χ1) is 10.3. The summed E-state index contributed by atoms with van der Waals surface area (Å²) in [5.74, 6) is 1.50. The number of ether oxygens (including phenoxy) is 1. The van der Waals surface area contributed by atoms with Gasteiger partial charge in [-0.2, -0.15) is 0 Å². The Morgan fingerprint density at radius 3 is 2.48 bits per heavy atom.